The minimum Gasteiger partial charge on any atom is -0.481 e. The Hall–Kier alpha value is -1.31. The molecular formula is C13H22N2O5S. The van der Waals surface area contributed by atoms with Crippen molar-refractivity contribution in [3.8, 4) is 0 Å². The molecule has 2 saturated heterocycles. The molecule has 0 bridgehead atoms. The van der Waals surface area contributed by atoms with Gasteiger partial charge in [0, 0.05) is 32.6 Å². The lowest BCUT2D eigenvalue weighted by molar-refractivity contribution is -0.138. The number of carbonyl (C=O) groups excluding carboxylic acids is 1. The van der Waals surface area contributed by atoms with Crippen molar-refractivity contribution in [2.24, 2.45) is 5.92 Å². The molecular weight excluding hydrogens is 296 g/mol. The van der Waals surface area contributed by atoms with Gasteiger partial charge in [-0.1, -0.05) is 0 Å². The lowest BCUT2D eigenvalue weighted by Gasteiger charge is -2.35. The van der Waals surface area contributed by atoms with E-state index in [-0.39, 0.29) is 36.4 Å². The molecule has 0 saturated carbocycles. The molecule has 120 valence electrons. The second-order valence-electron chi connectivity index (χ2n) is 5.83. The largest absolute Gasteiger partial charge is 0.481 e. The summed E-state index contributed by atoms with van der Waals surface area (Å²) in [6, 6.07) is -0.151. The standard InChI is InChI=1S/C13H22N2O5S/c16-12(17)9-11-3-1-4-15(10-11)13(18)14-5-2-7-21(19,20)8-6-14/h11H,1-10H2,(H,16,17). The molecule has 1 N–H and O–H groups in total. The van der Waals surface area contributed by atoms with E-state index in [0.29, 0.717) is 26.1 Å². The summed E-state index contributed by atoms with van der Waals surface area (Å²) in [5.41, 5.74) is 0. The highest BCUT2D eigenvalue weighted by molar-refractivity contribution is 7.91. The fourth-order valence-corrected chi connectivity index (χ4v) is 4.25. The van der Waals surface area contributed by atoms with E-state index in [1.54, 1.807) is 9.80 Å². The highest BCUT2D eigenvalue weighted by atomic mass is 32.2. The molecule has 21 heavy (non-hydrogen) atoms. The van der Waals surface area contributed by atoms with Crippen molar-refractivity contribution in [3.63, 3.8) is 0 Å². The third kappa shape index (κ3) is 4.59. The van der Waals surface area contributed by atoms with E-state index in [0.717, 1.165) is 12.8 Å². The van der Waals surface area contributed by atoms with E-state index in [1.165, 1.54) is 0 Å². The van der Waals surface area contributed by atoms with Crippen LogP contribution in [0.1, 0.15) is 25.7 Å². The van der Waals surface area contributed by atoms with Crippen LogP contribution in [0.15, 0.2) is 0 Å². The van der Waals surface area contributed by atoms with E-state index in [9.17, 15) is 18.0 Å². The van der Waals surface area contributed by atoms with Crippen molar-refractivity contribution in [2.75, 3.05) is 37.7 Å². The number of piperidine rings is 1. The lowest BCUT2D eigenvalue weighted by atomic mass is 9.95. The molecule has 1 atom stereocenters. The van der Waals surface area contributed by atoms with E-state index in [1.807, 2.05) is 0 Å². The van der Waals surface area contributed by atoms with Gasteiger partial charge in [-0.05, 0) is 25.2 Å². The Kier molecular flexibility index (Phi) is 5.08. The zero-order valence-corrected chi connectivity index (χ0v) is 12.8. The molecule has 2 amide bonds. The first kappa shape index (κ1) is 16.1. The summed E-state index contributed by atoms with van der Waals surface area (Å²) in [5.74, 6) is -0.685. The van der Waals surface area contributed by atoms with Crippen molar-refractivity contribution in [1.29, 1.82) is 0 Å². The number of aliphatic carboxylic acids is 1. The first-order valence-corrected chi connectivity index (χ1v) is 9.15. The average Bonchev–Trinajstić information content (AvgIpc) is 2.58. The van der Waals surface area contributed by atoms with Gasteiger partial charge in [-0.3, -0.25) is 4.79 Å². The number of hydrogen-bond donors (Lipinski definition) is 1. The Morgan fingerprint density at radius 3 is 2.48 bits per heavy atom. The second kappa shape index (κ2) is 6.64. The zero-order chi connectivity index (χ0) is 15.5. The summed E-state index contributed by atoms with van der Waals surface area (Å²) in [6.45, 7) is 1.77. The second-order valence-corrected chi connectivity index (χ2v) is 8.13. The maximum atomic E-state index is 12.5. The quantitative estimate of drug-likeness (QED) is 0.796. The molecule has 2 heterocycles. The normalized spacial score (nSPS) is 26.2. The fourth-order valence-electron chi connectivity index (χ4n) is 2.98. The molecule has 2 rings (SSSR count). The van der Waals surface area contributed by atoms with Crippen LogP contribution in [0.4, 0.5) is 4.79 Å². The van der Waals surface area contributed by atoms with Crippen LogP contribution in [0.25, 0.3) is 0 Å². The molecule has 1 unspecified atom stereocenters. The first-order chi connectivity index (χ1) is 9.87. The molecule has 0 aliphatic carbocycles. The van der Waals surface area contributed by atoms with Gasteiger partial charge in [-0.15, -0.1) is 0 Å². The third-order valence-electron chi connectivity index (χ3n) is 4.08. The molecule has 8 heteroatoms. The molecule has 0 spiro atoms. The van der Waals surface area contributed by atoms with Crippen molar-refractivity contribution in [2.45, 2.75) is 25.7 Å². The van der Waals surface area contributed by atoms with Gasteiger partial charge < -0.3 is 14.9 Å². The van der Waals surface area contributed by atoms with Gasteiger partial charge in [0.25, 0.3) is 0 Å². The molecule has 7 nitrogen and oxygen atoms in total. The van der Waals surface area contributed by atoms with Crippen LogP contribution in [0.5, 0.6) is 0 Å². The number of carbonyl (C=O) groups is 2. The number of nitrogens with zero attached hydrogens (tertiary/aromatic N) is 2. The van der Waals surface area contributed by atoms with Crippen LogP contribution < -0.4 is 0 Å². The predicted molar refractivity (Wildman–Crippen MR) is 76.8 cm³/mol. The Bertz CT molecular complexity index is 505. The van der Waals surface area contributed by atoms with Gasteiger partial charge in [0.05, 0.1) is 11.5 Å². The highest BCUT2D eigenvalue weighted by Gasteiger charge is 2.30. The number of hydrogen-bond acceptors (Lipinski definition) is 4. The Morgan fingerprint density at radius 1 is 1.05 bits per heavy atom. The van der Waals surface area contributed by atoms with Crippen LogP contribution in [0.2, 0.25) is 0 Å². The summed E-state index contributed by atoms with van der Waals surface area (Å²) < 4.78 is 23.1. The van der Waals surface area contributed by atoms with Crippen LogP contribution in [0, 0.1) is 5.92 Å². The van der Waals surface area contributed by atoms with Crippen molar-refractivity contribution < 1.29 is 23.1 Å². The maximum absolute atomic E-state index is 12.5. The van der Waals surface area contributed by atoms with Gasteiger partial charge in [-0.25, -0.2) is 13.2 Å². The molecule has 2 aliphatic heterocycles. The summed E-state index contributed by atoms with van der Waals surface area (Å²) in [7, 11) is -3.03. The number of rotatable bonds is 2. The Morgan fingerprint density at radius 2 is 1.76 bits per heavy atom. The number of urea groups is 1. The Labute approximate surface area is 124 Å². The highest BCUT2D eigenvalue weighted by Crippen LogP contribution is 2.21. The lowest BCUT2D eigenvalue weighted by Crippen LogP contribution is -2.48. The predicted octanol–water partition coefficient (Wildman–Crippen LogP) is 0.414. The van der Waals surface area contributed by atoms with Gasteiger partial charge in [-0.2, -0.15) is 0 Å². The zero-order valence-electron chi connectivity index (χ0n) is 12.0. The summed E-state index contributed by atoms with van der Waals surface area (Å²) in [4.78, 5) is 26.5. The smallest absolute Gasteiger partial charge is 0.320 e. The SMILES string of the molecule is O=C(O)CC1CCCN(C(=O)N2CCCS(=O)(=O)CC2)C1. The third-order valence-corrected chi connectivity index (χ3v) is 5.79. The van der Waals surface area contributed by atoms with E-state index >= 15 is 0 Å². The van der Waals surface area contributed by atoms with E-state index in [4.69, 9.17) is 5.11 Å². The molecule has 0 aromatic heterocycles. The minimum atomic E-state index is -3.03. The number of likely N-dealkylation sites (tertiary alicyclic amines) is 1. The molecule has 0 aromatic carbocycles. The minimum absolute atomic E-state index is 0.00379. The van der Waals surface area contributed by atoms with Crippen LogP contribution >= 0.6 is 0 Å². The van der Waals surface area contributed by atoms with Crippen LogP contribution in [-0.4, -0.2) is 73.0 Å². The number of sulfone groups is 1. The molecule has 2 aliphatic rings. The van der Waals surface area contributed by atoms with E-state index in [2.05, 4.69) is 0 Å². The molecule has 2 fully saturated rings. The van der Waals surface area contributed by atoms with Crippen molar-refractivity contribution >= 4 is 21.8 Å². The summed E-state index contributed by atoms with van der Waals surface area (Å²) >= 11 is 0. The summed E-state index contributed by atoms with van der Waals surface area (Å²) in [6.07, 6.45) is 2.18. The number of carboxylic acids is 1. The maximum Gasteiger partial charge on any atom is 0.320 e. The van der Waals surface area contributed by atoms with Gasteiger partial charge in [0.2, 0.25) is 0 Å². The van der Waals surface area contributed by atoms with Crippen LogP contribution in [-0.2, 0) is 14.6 Å². The average molecular weight is 318 g/mol. The number of amides is 2. The molecule has 0 radical (unpaired) electrons. The van der Waals surface area contributed by atoms with Gasteiger partial charge >= 0.3 is 12.0 Å². The fraction of sp³-hybridized carbons (Fsp3) is 0.846. The van der Waals surface area contributed by atoms with Crippen molar-refractivity contribution in [1.82, 2.24) is 9.80 Å². The first-order valence-electron chi connectivity index (χ1n) is 7.33. The topological polar surface area (TPSA) is 95.0 Å². The van der Waals surface area contributed by atoms with Gasteiger partial charge in [0.1, 0.15) is 0 Å². The summed E-state index contributed by atoms with van der Waals surface area (Å²) in [5, 5.41) is 8.85. The Balaban J connectivity index is 1.94. The van der Waals surface area contributed by atoms with Crippen LogP contribution in [0.3, 0.4) is 0 Å². The van der Waals surface area contributed by atoms with Crippen molar-refractivity contribution in [3.05, 3.63) is 0 Å². The van der Waals surface area contributed by atoms with Gasteiger partial charge in [0.15, 0.2) is 9.84 Å². The molecule has 0 aromatic rings. The monoisotopic (exact) mass is 318 g/mol. The van der Waals surface area contributed by atoms with E-state index < -0.39 is 15.8 Å². The number of carboxylic acid groups (broad SMARTS) is 1.